The standard InChI is InChI=1S/C14H18BrF2N5O/c1-4-21-6-10(8(2)19-21)5-18-11(23)7-22-9(3)12(15)13(20-22)14(16)17/h6,14H,4-5,7H2,1-3H3,(H,18,23). The zero-order valence-corrected chi connectivity index (χ0v) is 14.7. The Morgan fingerprint density at radius 1 is 1.39 bits per heavy atom. The SMILES string of the molecule is CCn1cc(CNC(=O)Cn2nc(C(F)F)c(Br)c2C)c(C)n1. The fourth-order valence-electron chi connectivity index (χ4n) is 2.12. The van der Waals surface area contributed by atoms with Gasteiger partial charge in [0, 0.05) is 24.8 Å². The third kappa shape index (κ3) is 3.95. The van der Waals surface area contributed by atoms with Crippen LogP contribution in [0.15, 0.2) is 10.7 Å². The van der Waals surface area contributed by atoms with Crippen molar-refractivity contribution in [3.63, 3.8) is 0 Å². The van der Waals surface area contributed by atoms with Gasteiger partial charge in [-0.1, -0.05) is 0 Å². The highest BCUT2D eigenvalue weighted by molar-refractivity contribution is 9.10. The molecular weight excluding hydrogens is 372 g/mol. The second-order valence-corrected chi connectivity index (χ2v) is 5.91. The Hall–Kier alpha value is -1.77. The Labute approximate surface area is 141 Å². The molecule has 1 amide bonds. The Kier molecular flexibility index (Phi) is 5.51. The molecule has 126 valence electrons. The molecule has 9 heteroatoms. The summed E-state index contributed by atoms with van der Waals surface area (Å²) in [6, 6.07) is 0. The van der Waals surface area contributed by atoms with Gasteiger partial charge in [0.15, 0.2) is 0 Å². The van der Waals surface area contributed by atoms with Crippen LogP contribution in [0, 0.1) is 13.8 Å². The second-order valence-electron chi connectivity index (χ2n) is 5.12. The van der Waals surface area contributed by atoms with Gasteiger partial charge in [0.25, 0.3) is 6.43 Å². The maximum absolute atomic E-state index is 12.8. The molecule has 2 rings (SSSR count). The monoisotopic (exact) mass is 389 g/mol. The van der Waals surface area contributed by atoms with Gasteiger partial charge in [0.1, 0.15) is 12.2 Å². The minimum atomic E-state index is -2.69. The molecule has 2 aromatic rings. The van der Waals surface area contributed by atoms with E-state index in [1.165, 1.54) is 4.68 Å². The van der Waals surface area contributed by atoms with Gasteiger partial charge in [-0.15, -0.1) is 0 Å². The lowest BCUT2D eigenvalue weighted by atomic mass is 10.2. The number of halogens is 3. The molecule has 0 atom stereocenters. The lowest BCUT2D eigenvalue weighted by molar-refractivity contribution is -0.122. The van der Waals surface area contributed by atoms with Crippen molar-refractivity contribution in [1.29, 1.82) is 0 Å². The van der Waals surface area contributed by atoms with Gasteiger partial charge < -0.3 is 5.32 Å². The third-order valence-corrected chi connectivity index (χ3v) is 4.49. The second kappa shape index (κ2) is 7.20. The molecule has 0 fully saturated rings. The molecule has 23 heavy (non-hydrogen) atoms. The molecule has 2 heterocycles. The van der Waals surface area contributed by atoms with Crippen molar-refractivity contribution in [2.24, 2.45) is 0 Å². The summed E-state index contributed by atoms with van der Waals surface area (Å²) in [5, 5.41) is 10.8. The van der Waals surface area contributed by atoms with E-state index in [0.717, 1.165) is 17.8 Å². The maximum atomic E-state index is 12.8. The number of nitrogens with one attached hydrogen (secondary N) is 1. The first kappa shape index (κ1) is 17.6. The molecule has 0 saturated carbocycles. The summed E-state index contributed by atoms with van der Waals surface area (Å²) in [5.74, 6) is -0.299. The lowest BCUT2D eigenvalue weighted by Crippen LogP contribution is -2.28. The number of hydrogen-bond donors (Lipinski definition) is 1. The van der Waals surface area contributed by atoms with Gasteiger partial charge in [0.05, 0.1) is 15.9 Å². The van der Waals surface area contributed by atoms with Gasteiger partial charge >= 0.3 is 0 Å². The molecule has 0 saturated heterocycles. The molecule has 0 aliphatic heterocycles. The molecule has 6 nitrogen and oxygen atoms in total. The van der Waals surface area contributed by atoms with E-state index in [1.54, 1.807) is 11.6 Å². The summed E-state index contributed by atoms with van der Waals surface area (Å²) < 4.78 is 28.9. The quantitative estimate of drug-likeness (QED) is 0.825. The van der Waals surface area contributed by atoms with Gasteiger partial charge in [-0.05, 0) is 36.7 Å². The van der Waals surface area contributed by atoms with Crippen molar-refractivity contribution < 1.29 is 13.6 Å². The minimum Gasteiger partial charge on any atom is -0.350 e. The Morgan fingerprint density at radius 2 is 2.09 bits per heavy atom. The Balaban J connectivity index is 2.00. The smallest absolute Gasteiger partial charge is 0.283 e. The number of hydrogen-bond acceptors (Lipinski definition) is 3. The Morgan fingerprint density at radius 3 is 2.61 bits per heavy atom. The van der Waals surface area contributed by atoms with Crippen LogP contribution in [-0.4, -0.2) is 25.5 Å². The molecule has 0 radical (unpaired) electrons. The summed E-state index contributed by atoms with van der Waals surface area (Å²) in [5.41, 5.74) is 1.91. The number of aryl methyl sites for hydroxylation is 2. The van der Waals surface area contributed by atoms with Crippen LogP contribution in [-0.2, 0) is 24.4 Å². The van der Waals surface area contributed by atoms with Crippen LogP contribution < -0.4 is 5.32 Å². The fourth-order valence-corrected chi connectivity index (χ4v) is 2.58. The van der Waals surface area contributed by atoms with Gasteiger partial charge in [-0.3, -0.25) is 14.2 Å². The first-order valence-electron chi connectivity index (χ1n) is 7.14. The summed E-state index contributed by atoms with van der Waals surface area (Å²) in [6.45, 7) is 6.47. The highest BCUT2D eigenvalue weighted by atomic mass is 79.9. The predicted octanol–water partition coefficient (Wildman–Crippen LogP) is 2.73. The van der Waals surface area contributed by atoms with Crippen LogP contribution in [0.4, 0.5) is 8.78 Å². The van der Waals surface area contributed by atoms with Crippen molar-refractivity contribution in [2.45, 2.75) is 46.8 Å². The van der Waals surface area contributed by atoms with Crippen molar-refractivity contribution >= 4 is 21.8 Å². The van der Waals surface area contributed by atoms with Gasteiger partial charge in [-0.25, -0.2) is 8.78 Å². The average Bonchev–Trinajstić information content (AvgIpc) is 3.00. The van der Waals surface area contributed by atoms with Gasteiger partial charge in [0.2, 0.25) is 5.91 Å². The van der Waals surface area contributed by atoms with E-state index in [4.69, 9.17) is 0 Å². The van der Waals surface area contributed by atoms with Crippen LogP contribution in [0.5, 0.6) is 0 Å². The number of rotatable bonds is 6. The molecule has 1 N–H and O–H groups in total. The summed E-state index contributed by atoms with van der Waals surface area (Å²) >= 11 is 3.08. The highest BCUT2D eigenvalue weighted by Crippen LogP contribution is 2.28. The maximum Gasteiger partial charge on any atom is 0.283 e. The summed E-state index contributed by atoms with van der Waals surface area (Å²) in [6.07, 6.45) is -0.810. The third-order valence-electron chi connectivity index (χ3n) is 3.51. The van der Waals surface area contributed by atoms with E-state index in [-0.39, 0.29) is 22.6 Å². The number of carbonyl (C=O) groups is 1. The Bertz CT molecular complexity index is 710. The normalized spacial score (nSPS) is 11.3. The van der Waals surface area contributed by atoms with Crippen LogP contribution in [0.3, 0.4) is 0 Å². The number of carbonyl (C=O) groups excluding carboxylic acids is 1. The zero-order chi connectivity index (χ0) is 17.1. The van der Waals surface area contributed by atoms with Crippen molar-refractivity contribution in [3.05, 3.63) is 33.3 Å². The van der Waals surface area contributed by atoms with E-state index in [9.17, 15) is 13.6 Å². The van der Waals surface area contributed by atoms with Crippen molar-refractivity contribution in [2.75, 3.05) is 0 Å². The molecule has 2 aromatic heterocycles. The van der Waals surface area contributed by atoms with Crippen LogP contribution in [0.1, 0.15) is 36.0 Å². The van der Waals surface area contributed by atoms with E-state index >= 15 is 0 Å². The number of nitrogens with zero attached hydrogens (tertiary/aromatic N) is 4. The largest absolute Gasteiger partial charge is 0.350 e. The molecule has 0 aliphatic carbocycles. The number of alkyl halides is 2. The molecule has 0 spiro atoms. The topological polar surface area (TPSA) is 64.7 Å². The van der Waals surface area contributed by atoms with E-state index in [2.05, 4.69) is 31.4 Å². The van der Waals surface area contributed by atoms with Crippen LogP contribution >= 0.6 is 15.9 Å². The van der Waals surface area contributed by atoms with E-state index in [1.807, 2.05) is 20.0 Å². The molecule has 0 unspecified atom stereocenters. The summed E-state index contributed by atoms with van der Waals surface area (Å²) in [7, 11) is 0. The predicted molar refractivity (Wildman–Crippen MR) is 84.1 cm³/mol. The number of amides is 1. The minimum absolute atomic E-state index is 0.113. The van der Waals surface area contributed by atoms with Crippen molar-refractivity contribution in [1.82, 2.24) is 24.9 Å². The van der Waals surface area contributed by atoms with Gasteiger partial charge in [-0.2, -0.15) is 10.2 Å². The first-order chi connectivity index (χ1) is 10.8. The zero-order valence-electron chi connectivity index (χ0n) is 13.1. The summed E-state index contributed by atoms with van der Waals surface area (Å²) in [4.78, 5) is 12.0. The molecule has 0 bridgehead atoms. The van der Waals surface area contributed by atoms with E-state index in [0.29, 0.717) is 12.2 Å². The average molecular weight is 390 g/mol. The van der Waals surface area contributed by atoms with Crippen LogP contribution in [0.25, 0.3) is 0 Å². The molecular formula is C14H18BrF2N5O. The molecule has 0 aromatic carbocycles. The fraction of sp³-hybridized carbons (Fsp3) is 0.500. The van der Waals surface area contributed by atoms with E-state index < -0.39 is 6.43 Å². The molecule has 0 aliphatic rings. The first-order valence-corrected chi connectivity index (χ1v) is 7.93. The van der Waals surface area contributed by atoms with Crippen LogP contribution in [0.2, 0.25) is 0 Å². The number of aromatic nitrogens is 4. The lowest BCUT2D eigenvalue weighted by Gasteiger charge is -2.06. The highest BCUT2D eigenvalue weighted by Gasteiger charge is 2.21. The van der Waals surface area contributed by atoms with Crippen molar-refractivity contribution in [3.8, 4) is 0 Å².